The largest absolute Gasteiger partial charge is 0.382 e. The molecule has 216 valence electrons. The van der Waals surface area contributed by atoms with Gasteiger partial charge < -0.3 is 10.4 Å². The number of hydrazone groups is 1. The summed E-state index contributed by atoms with van der Waals surface area (Å²) in [7, 11) is 0. The zero-order valence-electron chi connectivity index (χ0n) is 23.7. The molecule has 4 saturated carbocycles. The molecule has 2 amide bonds. The van der Waals surface area contributed by atoms with Gasteiger partial charge in [0.2, 0.25) is 0 Å². The molecule has 0 unspecified atom stereocenters. The molecule has 4 fully saturated rings. The van der Waals surface area contributed by atoms with E-state index in [4.69, 9.17) is 6.42 Å². The molecule has 3 N–H and O–H groups in total. The van der Waals surface area contributed by atoms with Gasteiger partial charge in [0.15, 0.2) is 0 Å². The lowest BCUT2D eigenvalue weighted by atomic mass is 9.50. The standard InChI is InChI=1S/C34H39F2N3O2/c1-3-34(35,36)33(41)17-16-29-27-14-10-23-18-25(38-39-31(40)37-24-11-12-24)13-15-26(23)30(27)28(19-32(29,33)2)22-8-6-21(7-9-22)20-4-5-20/h1,6-9,18,20,24,27-29,41H,4-5,10-17,19H2,2H3,(H2,37,39,40)/b38-25+/t27-,28+,29-,32-,33-/m0/s1. The lowest BCUT2D eigenvalue weighted by Crippen LogP contribution is -2.60. The molecule has 7 heteroatoms. The van der Waals surface area contributed by atoms with Crippen LogP contribution in [0.4, 0.5) is 13.6 Å². The fourth-order valence-corrected chi connectivity index (χ4v) is 8.68. The van der Waals surface area contributed by atoms with Gasteiger partial charge in [0.1, 0.15) is 5.60 Å². The summed E-state index contributed by atoms with van der Waals surface area (Å²) < 4.78 is 30.6. The second-order valence-electron chi connectivity index (χ2n) is 13.6. The summed E-state index contributed by atoms with van der Waals surface area (Å²) in [5.74, 6) is -1.27. The number of hydrogen-bond donors (Lipinski definition) is 3. The summed E-state index contributed by atoms with van der Waals surface area (Å²) in [5.41, 5.74) is 6.73. The van der Waals surface area contributed by atoms with Gasteiger partial charge in [-0.25, -0.2) is 10.2 Å². The van der Waals surface area contributed by atoms with E-state index in [9.17, 15) is 9.90 Å². The minimum absolute atomic E-state index is 0.0198. The number of carbonyl (C=O) groups is 1. The average Bonchev–Trinajstić information content (AvgIpc) is 3.91. The van der Waals surface area contributed by atoms with Gasteiger partial charge in [-0.2, -0.15) is 13.9 Å². The number of alkyl halides is 2. The van der Waals surface area contributed by atoms with Gasteiger partial charge in [-0.1, -0.05) is 36.8 Å². The SMILES string of the molecule is C#CC(F)(F)[C@]1(O)CC[C@H]2[C@@H]3CCC4=C/C(=N/NC(=O)NC5CC5)CCC4=C3[C@@H](c3ccc(C4CC4)cc3)C[C@@]21C. The van der Waals surface area contributed by atoms with Crippen molar-refractivity contribution in [2.45, 2.75) is 107 Å². The molecule has 5 atom stereocenters. The van der Waals surface area contributed by atoms with Crippen LogP contribution in [0.1, 0.15) is 101 Å². The molecule has 5 nitrogen and oxygen atoms in total. The highest BCUT2D eigenvalue weighted by molar-refractivity contribution is 5.98. The highest BCUT2D eigenvalue weighted by atomic mass is 19.3. The Morgan fingerprint density at radius 3 is 2.49 bits per heavy atom. The van der Waals surface area contributed by atoms with Crippen molar-refractivity contribution < 1.29 is 18.7 Å². The maximum absolute atomic E-state index is 15.3. The summed E-state index contributed by atoms with van der Waals surface area (Å²) in [5, 5.41) is 19.0. The van der Waals surface area contributed by atoms with E-state index >= 15 is 8.78 Å². The number of nitrogens with zero attached hydrogens (tertiary/aromatic N) is 1. The van der Waals surface area contributed by atoms with Gasteiger partial charge in [-0.15, -0.1) is 6.42 Å². The van der Waals surface area contributed by atoms with Crippen molar-refractivity contribution in [1.29, 1.82) is 0 Å². The molecule has 7 rings (SSSR count). The molecule has 0 aliphatic heterocycles. The van der Waals surface area contributed by atoms with Crippen molar-refractivity contribution in [2.75, 3.05) is 0 Å². The van der Waals surface area contributed by atoms with Crippen LogP contribution in [0.15, 0.2) is 52.2 Å². The van der Waals surface area contributed by atoms with Crippen LogP contribution >= 0.6 is 0 Å². The van der Waals surface area contributed by atoms with Crippen LogP contribution in [0.5, 0.6) is 0 Å². The first kappa shape index (κ1) is 26.9. The van der Waals surface area contributed by atoms with E-state index < -0.39 is 16.9 Å². The number of benzene rings is 1. The van der Waals surface area contributed by atoms with Crippen molar-refractivity contribution in [3.8, 4) is 12.3 Å². The van der Waals surface area contributed by atoms with E-state index in [2.05, 4.69) is 46.2 Å². The van der Waals surface area contributed by atoms with Crippen molar-refractivity contribution in [1.82, 2.24) is 10.7 Å². The molecule has 0 heterocycles. The van der Waals surface area contributed by atoms with E-state index in [0.29, 0.717) is 25.2 Å². The lowest BCUT2D eigenvalue weighted by Gasteiger charge is -2.55. The van der Waals surface area contributed by atoms with Crippen molar-refractivity contribution >= 4 is 11.7 Å². The fraction of sp³-hybridized carbons (Fsp3) is 0.588. The van der Waals surface area contributed by atoms with Crippen molar-refractivity contribution in [2.24, 2.45) is 22.4 Å². The number of urea groups is 1. The highest BCUT2D eigenvalue weighted by Gasteiger charge is 2.71. The predicted octanol–water partition coefficient (Wildman–Crippen LogP) is 6.71. The van der Waals surface area contributed by atoms with Crippen molar-refractivity contribution in [3.63, 3.8) is 0 Å². The molecule has 6 aliphatic carbocycles. The molecule has 0 saturated heterocycles. The van der Waals surface area contributed by atoms with E-state index in [-0.39, 0.29) is 36.2 Å². The van der Waals surface area contributed by atoms with Crippen LogP contribution in [0.3, 0.4) is 0 Å². The van der Waals surface area contributed by atoms with E-state index in [0.717, 1.165) is 43.4 Å². The fourth-order valence-electron chi connectivity index (χ4n) is 8.68. The molecule has 0 spiro atoms. The van der Waals surface area contributed by atoms with Crippen LogP contribution in [0.2, 0.25) is 0 Å². The topological polar surface area (TPSA) is 73.7 Å². The molecule has 0 radical (unpaired) electrons. The number of halogens is 2. The van der Waals surface area contributed by atoms with E-state index in [1.54, 1.807) is 5.92 Å². The van der Waals surface area contributed by atoms with Gasteiger partial charge in [-0.05, 0) is 123 Å². The monoisotopic (exact) mass is 559 g/mol. The van der Waals surface area contributed by atoms with Gasteiger partial charge in [0.25, 0.3) is 0 Å². The Hall–Kier alpha value is -2.98. The summed E-state index contributed by atoms with van der Waals surface area (Å²) in [4.78, 5) is 12.1. The van der Waals surface area contributed by atoms with Crippen LogP contribution in [-0.4, -0.2) is 34.4 Å². The second-order valence-corrected chi connectivity index (χ2v) is 13.6. The number of fused-ring (bicyclic) bond motifs is 4. The molecule has 6 aliphatic rings. The number of amides is 2. The summed E-state index contributed by atoms with van der Waals surface area (Å²) >= 11 is 0. The number of aliphatic hydroxyl groups is 1. The molecular weight excluding hydrogens is 520 g/mol. The zero-order chi connectivity index (χ0) is 28.6. The van der Waals surface area contributed by atoms with E-state index in [1.807, 2.05) is 6.92 Å². The van der Waals surface area contributed by atoms with Gasteiger partial charge >= 0.3 is 12.0 Å². The third-order valence-corrected chi connectivity index (χ3v) is 11.2. The first-order valence-electron chi connectivity index (χ1n) is 15.4. The summed E-state index contributed by atoms with van der Waals surface area (Å²) in [6.07, 6.45) is 16.2. The maximum Gasteiger partial charge on any atom is 0.336 e. The third kappa shape index (κ3) is 4.36. The average molecular weight is 560 g/mol. The van der Waals surface area contributed by atoms with Gasteiger partial charge in [0, 0.05) is 17.4 Å². The number of rotatable bonds is 5. The van der Waals surface area contributed by atoms with E-state index in [1.165, 1.54) is 35.1 Å². The van der Waals surface area contributed by atoms with Gasteiger partial charge in [0.05, 0.1) is 5.71 Å². The summed E-state index contributed by atoms with van der Waals surface area (Å²) in [6, 6.07) is 8.81. The molecule has 1 aromatic carbocycles. The maximum atomic E-state index is 15.3. The Bertz CT molecular complexity index is 1400. The Labute approximate surface area is 240 Å². The number of hydrogen-bond acceptors (Lipinski definition) is 3. The minimum atomic E-state index is -3.59. The number of carbonyl (C=O) groups excluding carboxylic acids is 1. The minimum Gasteiger partial charge on any atom is -0.382 e. The number of nitrogens with one attached hydrogen (secondary N) is 2. The summed E-state index contributed by atoms with van der Waals surface area (Å²) in [6.45, 7) is 1.87. The molecule has 1 aromatic rings. The Balaban J connectivity index is 1.27. The first-order chi connectivity index (χ1) is 19.6. The normalized spacial score (nSPS) is 35.6. The second kappa shape index (κ2) is 9.52. The van der Waals surface area contributed by atoms with Crippen LogP contribution in [-0.2, 0) is 0 Å². The molecular formula is C34H39F2N3O2. The highest BCUT2D eigenvalue weighted by Crippen LogP contribution is 2.69. The molecule has 0 aromatic heterocycles. The van der Waals surface area contributed by atoms with Crippen molar-refractivity contribution in [3.05, 3.63) is 58.2 Å². The molecule has 41 heavy (non-hydrogen) atoms. The quantitative estimate of drug-likeness (QED) is 0.277. The lowest BCUT2D eigenvalue weighted by molar-refractivity contribution is -0.209. The Morgan fingerprint density at radius 1 is 1.07 bits per heavy atom. The molecule has 0 bridgehead atoms. The Morgan fingerprint density at radius 2 is 1.80 bits per heavy atom. The van der Waals surface area contributed by atoms with Crippen LogP contribution < -0.4 is 10.7 Å². The predicted molar refractivity (Wildman–Crippen MR) is 155 cm³/mol. The Kier molecular flexibility index (Phi) is 6.25. The third-order valence-electron chi connectivity index (χ3n) is 11.2. The zero-order valence-corrected chi connectivity index (χ0v) is 23.7. The number of terminal acetylenes is 1. The first-order valence-corrected chi connectivity index (χ1v) is 15.4. The van der Waals surface area contributed by atoms with Crippen LogP contribution in [0, 0.1) is 29.6 Å². The van der Waals surface area contributed by atoms with Gasteiger partial charge in [-0.3, -0.25) is 0 Å². The smallest absolute Gasteiger partial charge is 0.336 e. The van der Waals surface area contributed by atoms with Crippen LogP contribution in [0.25, 0.3) is 0 Å². The number of allylic oxidation sites excluding steroid dienone is 4.